The highest BCUT2D eigenvalue weighted by molar-refractivity contribution is 7.82. The molecule has 0 spiro atoms. The highest BCUT2D eigenvalue weighted by atomic mass is 32.2. The number of carbonyl (C=O) groups excluding carboxylic acids is 1. The molecule has 0 N–H and O–H groups in total. The molecule has 0 amide bonds. The molecule has 19 heavy (non-hydrogen) atoms. The van der Waals surface area contributed by atoms with Crippen molar-refractivity contribution < 1.29 is 9.00 Å². The number of rotatable bonds is 4. The molecule has 1 aliphatic heterocycles. The molecule has 0 saturated carbocycles. The number of hydrogen-bond donors (Lipinski definition) is 0. The summed E-state index contributed by atoms with van der Waals surface area (Å²) in [6.07, 6.45) is 3.67. The Kier molecular flexibility index (Phi) is 4.88. The van der Waals surface area contributed by atoms with E-state index < -0.39 is 11.0 Å². The smallest absolute Gasteiger partial charge is 0.131 e. The van der Waals surface area contributed by atoms with Crippen LogP contribution in [0.2, 0.25) is 0 Å². The Morgan fingerprint density at radius 2 is 2.00 bits per heavy atom. The zero-order valence-corrected chi connectivity index (χ0v) is 12.4. The van der Waals surface area contributed by atoms with E-state index in [1.165, 1.54) is 5.56 Å². The lowest BCUT2D eigenvalue weighted by molar-refractivity contribution is -0.118. The third kappa shape index (κ3) is 3.74. The van der Waals surface area contributed by atoms with Crippen LogP contribution >= 0.6 is 0 Å². The van der Waals surface area contributed by atoms with Crippen molar-refractivity contribution in [1.29, 1.82) is 0 Å². The molecule has 2 rings (SSSR count). The van der Waals surface area contributed by atoms with Crippen LogP contribution in [0, 0.1) is 6.92 Å². The van der Waals surface area contributed by atoms with Gasteiger partial charge in [0.1, 0.15) is 16.8 Å². The molecule has 1 aliphatic rings. The van der Waals surface area contributed by atoms with E-state index in [1.807, 2.05) is 35.5 Å². The summed E-state index contributed by atoms with van der Waals surface area (Å²) < 4.78 is 14.6. The second kappa shape index (κ2) is 6.44. The Balaban J connectivity index is 2.15. The van der Waals surface area contributed by atoms with Crippen molar-refractivity contribution in [3.8, 4) is 0 Å². The first kappa shape index (κ1) is 14.4. The SMILES string of the molecule is CC(=O)C[C@@H]1CCCCN1[S@@](=O)c1ccc(C)cc1. The van der Waals surface area contributed by atoms with E-state index in [1.54, 1.807) is 6.92 Å². The Morgan fingerprint density at radius 1 is 1.32 bits per heavy atom. The summed E-state index contributed by atoms with van der Waals surface area (Å²) in [5.74, 6) is 0.179. The fourth-order valence-corrected chi connectivity index (χ4v) is 3.90. The number of hydrogen-bond acceptors (Lipinski definition) is 2. The van der Waals surface area contributed by atoms with E-state index >= 15 is 0 Å². The average Bonchev–Trinajstić information content (AvgIpc) is 2.39. The molecule has 1 fully saturated rings. The van der Waals surface area contributed by atoms with Crippen LogP contribution in [-0.2, 0) is 15.8 Å². The molecule has 1 aromatic carbocycles. The molecule has 0 bridgehead atoms. The van der Waals surface area contributed by atoms with Gasteiger partial charge in [0.05, 0.1) is 4.90 Å². The van der Waals surface area contributed by atoms with Crippen molar-refractivity contribution in [3.05, 3.63) is 29.8 Å². The Bertz CT molecular complexity index is 470. The van der Waals surface area contributed by atoms with Gasteiger partial charge in [-0.3, -0.25) is 4.79 Å². The van der Waals surface area contributed by atoms with Crippen LogP contribution in [0.5, 0.6) is 0 Å². The summed E-state index contributed by atoms with van der Waals surface area (Å²) >= 11 is 0. The van der Waals surface area contributed by atoms with Crippen molar-refractivity contribution in [3.63, 3.8) is 0 Å². The van der Waals surface area contributed by atoms with Gasteiger partial charge in [-0.25, -0.2) is 8.51 Å². The number of piperidine rings is 1. The van der Waals surface area contributed by atoms with Gasteiger partial charge in [0.25, 0.3) is 0 Å². The third-order valence-electron chi connectivity index (χ3n) is 3.53. The largest absolute Gasteiger partial charge is 0.300 e. The lowest BCUT2D eigenvalue weighted by Gasteiger charge is -2.33. The van der Waals surface area contributed by atoms with Crippen LogP contribution in [-0.4, -0.2) is 26.9 Å². The van der Waals surface area contributed by atoms with Crippen LogP contribution < -0.4 is 0 Å². The van der Waals surface area contributed by atoms with Crippen molar-refractivity contribution in [2.45, 2.75) is 50.5 Å². The van der Waals surface area contributed by atoms with Crippen molar-refractivity contribution in [1.82, 2.24) is 4.31 Å². The van der Waals surface area contributed by atoms with Gasteiger partial charge in [-0.05, 0) is 38.8 Å². The highest BCUT2D eigenvalue weighted by Crippen LogP contribution is 2.24. The zero-order chi connectivity index (χ0) is 13.8. The highest BCUT2D eigenvalue weighted by Gasteiger charge is 2.28. The van der Waals surface area contributed by atoms with Crippen LogP contribution in [0.25, 0.3) is 0 Å². The summed E-state index contributed by atoms with van der Waals surface area (Å²) in [4.78, 5) is 12.2. The lowest BCUT2D eigenvalue weighted by Crippen LogP contribution is -2.41. The monoisotopic (exact) mass is 279 g/mol. The van der Waals surface area contributed by atoms with E-state index in [4.69, 9.17) is 0 Å². The minimum atomic E-state index is -1.14. The minimum absolute atomic E-state index is 0.133. The summed E-state index contributed by atoms with van der Waals surface area (Å²) in [6, 6.07) is 7.94. The number of carbonyl (C=O) groups is 1. The minimum Gasteiger partial charge on any atom is -0.300 e. The number of benzene rings is 1. The molecule has 3 nitrogen and oxygen atoms in total. The molecule has 1 saturated heterocycles. The standard InChI is InChI=1S/C15H21NO2S/c1-12-6-8-15(9-7-12)19(18)16-10-4-3-5-14(16)11-13(2)17/h6-9,14H,3-5,10-11H2,1-2H3/t14-,19-/m0/s1. The van der Waals surface area contributed by atoms with E-state index in [9.17, 15) is 9.00 Å². The maximum Gasteiger partial charge on any atom is 0.131 e. The summed E-state index contributed by atoms with van der Waals surface area (Å²) in [5.41, 5.74) is 1.17. The molecule has 104 valence electrons. The van der Waals surface area contributed by atoms with Gasteiger partial charge >= 0.3 is 0 Å². The van der Waals surface area contributed by atoms with E-state index in [-0.39, 0.29) is 11.8 Å². The first-order valence-corrected chi connectivity index (χ1v) is 7.93. The van der Waals surface area contributed by atoms with E-state index in [0.29, 0.717) is 6.42 Å². The molecule has 0 radical (unpaired) electrons. The first-order valence-electron chi connectivity index (χ1n) is 6.82. The van der Waals surface area contributed by atoms with E-state index in [2.05, 4.69) is 0 Å². The van der Waals surface area contributed by atoms with Gasteiger partial charge in [0.2, 0.25) is 0 Å². The molecule has 2 atom stereocenters. The molecule has 1 heterocycles. The van der Waals surface area contributed by atoms with Crippen LogP contribution in [0.15, 0.2) is 29.2 Å². The molecule has 0 aromatic heterocycles. The number of Topliss-reactive ketones (excluding diaryl/α,β-unsaturated/α-hetero) is 1. The Labute approximate surface area is 117 Å². The second-order valence-corrected chi connectivity index (χ2v) is 6.70. The fraction of sp³-hybridized carbons (Fsp3) is 0.533. The predicted octanol–water partition coefficient (Wildman–Crippen LogP) is 2.85. The van der Waals surface area contributed by atoms with Crippen molar-refractivity contribution >= 4 is 16.8 Å². The van der Waals surface area contributed by atoms with E-state index in [0.717, 1.165) is 30.7 Å². The van der Waals surface area contributed by atoms with Crippen LogP contribution in [0.4, 0.5) is 0 Å². The summed E-state index contributed by atoms with van der Waals surface area (Å²) in [5, 5.41) is 0. The molecule has 0 aliphatic carbocycles. The van der Waals surface area contributed by atoms with Gasteiger partial charge in [0.15, 0.2) is 0 Å². The third-order valence-corrected chi connectivity index (χ3v) is 5.11. The summed E-state index contributed by atoms with van der Waals surface area (Å²) in [7, 11) is -1.14. The molecule has 4 heteroatoms. The van der Waals surface area contributed by atoms with Crippen molar-refractivity contribution in [2.75, 3.05) is 6.54 Å². The number of aryl methyl sites for hydroxylation is 1. The normalized spacial score (nSPS) is 22.1. The van der Waals surface area contributed by atoms with Gasteiger partial charge < -0.3 is 0 Å². The van der Waals surface area contributed by atoms with Gasteiger partial charge in [0, 0.05) is 19.0 Å². The van der Waals surface area contributed by atoms with Gasteiger partial charge in [-0.15, -0.1) is 0 Å². The lowest BCUT2D eigenvalue weighted by atomic mass is 10.0. The zero-order valence-electron chi connectivity index (χ0n) is 11.6. The fourth-order valence-electron chi connectivity index (χ4n) is 2.52. The second-order valence-electron chi connectivity index (χ2n) is 5.26. The first-order chi connectivity index (χ1) is 9.08. The van der Waals surface area contributed by atoms with Crippen LogP contribution in [0.3, 0.4) is 0 Å². The van der Waals surface area contributed by atoms with Gasteiger partial charge in [-0.2, -0.15) is 0 Å². The predicted molar refractivity (Wildman–Crippen MR) is 77.2 cm³/mol. The number of nitrogens with zero attached hydrogens (tertiary/aromatic N) is 1. The maximum absolute atomic E-state index is 12.6. The Morgan fingerprint density at radius 3 is 2.63 bits per heavy atom. The topological polar surface area (TPSA) is 37.4 Å². The number of ketones is 1. The van der Waals surface area contributed by atoms with Crippen LogP contribution in [0.1, 0.15) is 38.2 Å². The quantitative estimate of drug-likeness (QED) is 0.850. The Hall–Kier alpha value is -1.00. The summed E-state index contributed by atoms with van der Waals surface area (Å²) in [6.45, 7) is 4.45. The maximum atomic E-state index is 12.6. The molecular formula is C15H21NO2S. The average molecular weight is 279 g/mol. The van der Waals surface area contributed by atoms with Crippen molar-refractivity contribution in [2.24, 2.45) is 0 Å². The molecular weight excluding hydrogens is 258 g/mol. The molecule has 0 unspecified atom stereocenters. The van der Waals surface area contributed by atoms with Gasteiger partial charge in [-0.1, -0.05) is 24.1 Å². The molecule has 1 aromatic rings.